The quantitative estimate of drug-likeness (QED) is 0.675. The van der Waals surface area contributed by atoms with Crippen LogP contribution in [-0.2, 0) is 11.2 Å². The van der Waals surface area contributed by atoms with Gasteiger partial charge in [-0.25, -0.2) is 9.78 Å². The number of cyclic esters (lactones) is 1. The summed E-state index contributed by atoms with van der Waals surface area (Å²) >= 11 is 7.26. The molecular weight excluding hydrogens is 372 g/mol. The standard InChI is InChI=1S/C19H13ClN2O3S/c20-14-4-1-11(2-5-14)16-10-13-9-12(3-6-15(13)18(24)25-16)17(23)22-19-21-7-8-26-19/h1-9,16H,10H2,(H,21,22,23). The molecule has 130 valence electrons. The Hall–Kier alpha value is -2.70. The first kappa shape index (κ1) is 16.8. The van der Waals surface area contributed by atoms with Crippen molar-refractivity contribution in [1.82, 2.24) is 4.98 Å². The summed E-state index contributed by atoms with van der Waals surface area (Å²) in [6.45, 7) is 0. The Morgan fingerprint density at radius 3 is 2.77 bits per heavy atom. The van der Waals surface area contributed by atoms with Crippen molar-refractivity contribution in [2.45, 2.75) is 12.5 Å². The second-order valence-electron chi connectivity index (χ2n) is 5.81. The van der Waals surface area contributed by atoms with Crippen LogP contribution in [0.4, 0.5) is 5.13 Å². The minimum absolute atomic E-state index is 0.260. The molecule has 3 aromatic rings. The first-order chi connectivity index (χ1) is 12.6. The monoisotopic (exact) mass is 384 g/mol. The van der Waals surface area contributed by atoms with Crippen LogP contribution in [0.2, 0.25) is 5.02 Å². The summed E-state index contributed by atoms with van der Waals surface area (Å²) in [5.74, 6) is -0.650. The maximum absolute atomic E-state index is 12.4. The molecule has 1 aliphatic heterocycles. The van der Waals surface area contributed by atoms with Crippen molar-refractivity contribution in [1.29, 1.82) is 0 Å². The number of hydrogen-bond acceptors (Lipinski definition) is 5. The number of ether oxygens (including phenoxy) is 1. The number of nitrogens with one attached hydrogen (secondary N) is 1. The molecule has 1 aliphatic rings. The number of anilines is 1. The van der Waals surface area contributed by atoms with E-state index in [4.69, 9.17) is 16.3 Å². The predicted molar refractivity (Wildman–Crippen MR) is 99.8 cm³/mol. The Kier molecular flexibility index (Phi) is 4.44. The van der Waals surface area contributed by atoms with Gasteiger partial charge >= 0.3 is 5.97 Å². The van der Waals surface area contributed by atoms with Crippen molar-refractivity contribution >= 4 is 39.9 Å². The number of benzene rings is 2. The Bertz CT molecular complexity index is 971. The van der Waals surface area contributed by atoms with E-state index in [1.54, 1.807) is 41.9 Å². The van der Waals surface area contributed by atoms with Crippen molar-refractivity contribution in [2.75, 3.05) is 5.32 Å². The van der Waals surface area contributed by atoms with Gasteiger partial charge in [0.15, 0.2) is 5.13 Å². The van der Waals surface area contributed by atoms with Gasteiger partial charge in [-0.15, -0.1) is 11.3 Å². The van der Waals surface area contributed by atoms with E-state index in [2.05, 4.69) is 10.3 Å². The van der Waals surface area contributed by atoms with Crippen molar-refractivity contribution in [3.05, 3.63) is 81.3 Å². The summed E-state index contributed by atoms with van der Waals surface area (Å²) in [6, 6.07) is 12.2. The Labute approximate surface area is 158 Å². The smallest absolute Gasteiger partial charge is 0.339 e. The van der Waals surface area contributed by atoms with Crippen LogP contribution in [0, 0.1) is 0 Å². The highest BCUT2D eigenvalue weighted by Crippen LogP contribution is 2.31. The number of aromatic nitrogens is 1. The maximum atomic E-state index is 12.4. The Morgan fingerprint density at radius 2 is 2.04 bits per heavy atom. The summed E-state index contributed by atoms with van der Waals surface area (Å²) in [4.78, 5) is 28.8. The van der Waals surface area contributed by atoms with Gasteiger partial charge in [-0.05, 0) is 41.5 Å². The van der Waals surface area contributed by atoms with E-state index < -0.39 is 12.1 Å². The van der Waals surface area contributed by atoms with E-state index in [1.807, 2.05) is 12.1 Å². The summed E-state index contributed by atoms with van der Waals surface area (Å²) in [6.07, 6.45) is 1.73. The molecule has 0 aliphatic carbocycles. The van der Waals surface area contributed by atoms with Gasteiger partial charge in [0.2, 0.25) is 0 Å². The molecule has 0 saturated carbocycles. The number of nitrogens with zero attached hydrogens (tertiary/aromatic N) is 1. The number of fused-ring (bicyclic) bond motifs is 1. The molecule has 0 radical (unpaired) electrons. The van der Waals surface area contributed by atoms with Crippen molar-refractivity contribution < 1.29 is 14.3 Å². The molecule has 0 fully saturated rings. The third-order valence-electron chi connectivity index (χ3n) is 4.14. The first-order valence-electron chi connectivity index (χ1n) is 7.90. The molecular formula is C19H13ClN2O3S. The van der Waals surface area contributed by atoms with E-state index in [9.17, 15) is 9.59 Å². The van der Waals surface area contributed by atoms with Crippen LogP contribution >= 0.6 is 22.9 Å². The van der Waals surface area contributed by atoms with E-state index in [-0.39, 0.29) is 5.91 Å². The molecule has 0 bridgehead atoms. The fourth-order valence-electron chi connectivity index (χ4n) is 2.85. The SMILES string of the molecule is O=C(Nc1nccs1)c1ccc2c(c1)CC(c1ccc(Cl)cc1)OC2=O. The van der Waals surface area contributed by atoms with E-state index in [1.165, 1.54) is 11.3 Å². The van der Waals surface area contributed by atoms with Crippen molar-refractivity contribution in [2.24, 2.45) is 0 Å². The van der Waals surface area contributed by atoms with Gasteiger partial charge < -0.3 is 4.74 Å². The summed E-state index contributed by atoms with van der Waals surface area (Å²) in [5, 5.41) is 5.69. The summed E-state index contributed by atoms with van der Waals surface area (Å²) < 4.78 is 5.53. The molecule has 1 unspecified atom stereocenters. The highest BCUT2D eigenvalue weighted by Gasteiger charge is 2.28. The molecule has 26 heavy (non-hydrogen) atoms. The van der Waals surface area contributed by atoms with Gasteiger partial charge in [0, 0.05) is 28.6 Å². The van der Waals surface area contributed by atoms with Crippen LogP contribution in [0.5, 0.6) is 0 Å². The molecule has 7 heteroatoms. The minimum Gasteiger partial charge on any atom is -0.454 e. The van der Waals surface area contributed by atoms with Crippen LogP contribution in [0.25, 0.3) is 0 Å². The van der Waals surface area contributed by atoms with Gasteiger partial charge in [0.1, 0.15) is 6.10 Å². The van der Waals surface area contributed by atoms with Crippen molar-refractivity contribution in [3.63, 3.8) is 0 Å². The number of thiazole rings is 1. The van der Waals surface area contributed by atoms with Crippen LogP contribution in [0.1, 0.15) is 37.9 Å². The zero-order chi connectivity index (χ0) is 18.1. The third-order valence-corrected chi connectivity index (χ3v) is 5.08. The van der Waals surface area contributed by atoms with Gasteiger partial charge in [0.05, 0.1) is 5.56 Å². The fourth-order valence-corrected chi connectivity index (χ4v) is 3.50. The van der Waals surface area contributed by atoms with Crippen LogP contribution in [-0.4, -0.2) is 16.9 Å². The Morgan fingerprint density at radius 1 is 1.23 bits per heavy atom. The van der Waals surface area contributed by atoms with Crippen molar-refractivity contribution in [3.8, 4) is 0 Å². The van der Waals surface area contributed by atoms with E-state index in [0.29, 0.717) is 27.7 Å². The highest BCUT2D eigenvalue weighted by atomic mass is 35.5. The number of rotatable bonds is 3. The average molecular weight is 385 g/mol. The topological polar surface area (TPSA) is 68.3 Å². The molecule has 1 atom stereocenters. The number of carbonyl (C=O) groups is 2. The second kappa shape index (κ2) is 6.90. The zero-order valence-electron chi connectivity index (χ0n) is 13.4. The average Bonchev–Trinajstić information content (AvgIpc) is 3.14. The molecule has 0 saturated heterocycles. The lowest BCUT2D eigenvalue weighted by Crippen LogP contribution is -2.23. The molecule has 2 aromatic carbocycles. The van der Waals surface area contributed by atoms with Gasteiger partial charge in [-0.1, -0.05) is 23.7 Å². The molecule has 5 nitrogen and oxygen atoms in total. The zero-order valence-corrected chi connectivity index (χ0v) is 15.0. The lowest BCUT2D eigenvalue weighted by atomic mass is 9.93. The van der Waals surface area contributed by atoms with Crippen LogP contribution in [0.15, 0.2) is 54.0 Å². The molecule has 4 rings (SSSR count). The number of esters is 1. The van der Waals surface area contributed by atoms with Gasteiger partial charge in [-0.2, -0.15) is 0 Å². The molecule has 1 N–H and O–H groups in total. The summed E-state index contributed by atoms with van der Waals surface area (Å²) in [7, 11) is 0. The molecule has 0 spiro atoms. The lowest BCUT2D eigenvalue weighted by molar-refractivity contribution is 0.0252. The number of hydrogen-bond donors (Lipinski definition) is 1. The lowest BCUT2D eigenvalue weighted by Gasteiger charge is -2.25. The van der Waals surface area contributed by atoms with Crippen LogP contribution in [0.3, 0.4) is 0 Å². The first-order valence-corrected chi connectivity index (χ1v) is 9.16. The third kappa shape index (κ3) is 3.34. The van der Waals surface area contributed by atoms with Gasteiger partial charge in [-0.3, -0.25) is 10.1 Å². The Balaban J connectivity index is 1.60. The normalized spacial score (nSPS) is 15.9. The molecule has 1 amide bonds. The largest absolute Gasteiger partial charge is 0.454 e. The fraction of sp³-hybridized carbons (Fsp3) is 0.105. The predicted octanol–water partition coefficient (Wildman–Crippen LogP) is 4.50. The highest BCUT2D eigenvalue weighted by molar-refractivity contribution is 7.13. The number of halogens is 1. The maximum Gasteiger partial charge on any atom is 0.339 e. The van der Waals surface area contributed by atoms with E-state index in [0.717, 1.165) is 11.1 Å². The number of amides is 1. The van der Waals surface area contributed by atoms with E-state index >= 15 is 0 Å². The van der Waals surface area contributed by atoms with Crippen LogP contribution < -0.4 is 5.32 Å². The molecule has 2 heterocycles. The minimum atomic E-state index is -0.399. The second-order valence-corrected chi connectivity index (χ2v) is 7.14. The summed E-state index contributed by atoms with van der Waals surface area (Å²) in [5.41, 5.74) is 2.61. The molecule has 1 aromatic heterocycles. The number of carbonyl (C=O) groups excluding carboxylic acids is 2. The van der Waals surface area contributed by atoms with Gasteiger partial charge in [0.25, 0.3) is 5.91 Å².